The molecular weight excluding hydrogens is 482 g/mol. The van der Waals surface area contributed by atoms with Gasteiger partial charge in [-0.15, -0.1) is 5.10 Å². The first kappa shape index (κ1) is 24.5. The summed E-state index contributed by atoms with van der Waals surface area (Å²) in [5, 5.41) is 18.4. The van der Waals surface area contributed by atoms with Gasteiger partial charge >= 0.3 is 6.18 Å². The molecule has 3 atom stereocenters. The van der Waals surface area contributed by atoms with Gasteiger partial charge in [0.05, 0.1) is 11.9 Å². The molecule has 1 aliphatic heterocycles. The van der Waals surface area contributed by atoms with Crippen LogP contribution in [0.4, 0.5) is 29.3 Å². The summed E-state index contributed by atoms with van der Waals surface area (Å²) in [6.07, 6.45) is -1.48. The number of nitrogens with zero attached hydrogens (tertiary/aromatic N) is 6. The van der Waals surface area contributed by atoms with E-state index in [1.165, 1.54) is 22.8 Å². The second-order valence-electron chi connectivity index (χ2n) is 9.98. The lowest BCUT2D eigenvalue weighted by molar-refractivity contribution is -0.153. The van der Waals surface area contributed by atoms with E-state index in [-0.39, 0.29) is 35.2 Å². The molecule has 1 aliphatic carbocycles. The van der Waals surface area contributed by atoms with Crippen LogP contribution >= 0.6 is 0 Å². The SMILES string of the molecule is Cc1ncc(F)c(N2C[C@H]3CC[C@@H](C2)C3Nc2nc3c(OCC(F)(F)F)ccc(C(C)(C)O)n3n2)n1. The number of fused-ring (bicyclic) bond motifs is 3. The molecule has 9 nitrogen and oxygen atoms in total. The van der Waals surface area contributed by atoms with E-state index in [4.69, 9.17) is 4.74 Å². The van der Waals surface area contributed by atoms with E-state index in [2.05, 4.69) is 25.4 Å². The van der Waals surface area contributed by atoms with Crippen molar-refractivity contribution in [3.8, 4) is 5.75 Å². The number of piperidine rings is 1. The highest BCUT2D eigenvalue weighted by molar-refractivity contribution is 5.57. The average Bonchev–Trinajstić information content (AvgIpc) is 3.29. The Kier molecular flexibility index (Phi) is 5.92. The number of nitrogens with one attached hydrogen (secondary N) is 1. The lowest BCUT2D eigenvalue weighted by Gasteiger charge is -2.38. The Labute approximate surface area is 204 Å². The average molecular weight is 510 g/mol. The third kappa shape index (κ3) is 4.75. The van der Waals surface area contributed by atoms with Gasteiger partial charge < -0.3 is 20.1 Å². The van der Waals surface area contributed by atoms with Gasteiger partial charge in [0.2, 0.25) is 5.95 Å². The Balaban J connectivity index is 1.41. The first-order valence-corrected chi connectivity index (χ1v) is 11.7. The molecule has 2 N–H and O–H groups in total. The summed E-state index contributed by atoms with van der Waals surface area (Å²) in [7, 11) is 0. The van der Waals surface area contributed by atoms with Crippen molar-refractivity contribution in [2.45, 2.75) is 51.4 Å². The zero-order valence-corrected chi connectivity index (χ0v) is 20.1. The van der Waals surface area contributed by atoms with Gasteiger partial charge in [-0.3, -0.25) is 0 Å². The molecule has 0 amide bonds. The molecule has 5 rings (SSSR count). The van der Waals surface area contributed by atoms with Crippen molar-refractivity contribution < 1.29 is 27.4 Å². The van der Waals surface area contributed by atoms with Gasteiger partial charge in [0.25, 0.3) is 0 Å². The Morgan fingerprint density at radius 3 is 2.47 bits per heavy atom. The van der Waals surface area contributed by atoms with Crippen molar-refractivity contribution in [3.63, 3.8) is 0 Å². The minimum absolute atomic E-state index is 0.00483. The standard InChI is InChI=1S/C23H27F4N7O2/c1-12-28-8-15(24)19(29-12)33-9-13-4-5-14(10-33)18(13)30-21-31-20-16(36-11-23(25,26)27)6-7-17(22(2,3)35)34(20)32-21/h6-8,13-14,18,35H,4-5,9-11H2,1-3H3,(H,30,32)/t13-,14+,18?. The quantitative estimate of drug-likeness (QED) is 0.488. The predicted octanol–water partition coefficient (Wildman–Crippen LogP) is 3.46. The third-order valence-electron chi connectivity index (χ3n) is 6.74. The highest BCUT2D eigenvalue weighted by Gasteiger charge is 2.43. The van der Waals surface area contributed by atoms with Crippen molar-refractivity contribution in [2.75, 3.05) is 29.9 Å². The zero-order valence-electron chi connectivity index (χ0n) is 20.1. The number of anilines is 2. The highest BCUT2D eigenvalue weighted by Crippen LogP contribution is 2.40. The van der Waals surface area contributed by atoms with Crippen LogP contribution in [0.1, 0.15) is 38.2 Å². The van der Waals surface area contributed by atoms with Crippen LogP contribution in [0.3, 0.4) is 0 Å². The number of hydrogen-bond donors (Lipinski definition) is 2. The maximum absolute atomic E-state index is 14.4. The van der Waals surface area contributed by atoms with Crippen molar-refractivity contribution in [2.24, 2.45) is 11.8 Å². The molecule has 2 bridgehead atoms. The maximum Gasteiger partial charge on any atom is 0.422 e. The van der Waals surface area contributed by atoms with E-state index in [1.807, 2.05) is 4.90 Å². The molecular formula is C23H27F4N7O2. The van der Waals surface area contributed by atoms with Crippen molar-refractivity contribution >= 4 is 17.4 Å². The fourth-order valence-corrected chi connectivity index (χ4v) is 5.18. The van der Waals surface area contributed by atoms with Crippen LogP contribution in [0.2, 0.25) is 0 Å². The first-order valence-electron chi connectivity index (χ1n) is 11.7. The summed E-state index contributed by atoms with van der Waals surface area (Å²) in [6.45, 7) is 4.53. The van der Waals surface area contributed by atoms with Gasteiger partial charge in [0, 0.05) is 19.1 Å². The number of aliphatic hydroxyl groups is 1. The Bertz CT molecular complexity index is 1260. The highest BCUT2D eigenvalue weighted by atomic mass is 19.4. The van der Waals surface area contributed by atoms with Crippen LogP contribution in [-0.4, -0.2) is 61.6 Å². The second kappa shape index (κ2) is 8.71. The van der Waals surface area contributed by atoms with E-state index < -0.39 is 24.2 Å². The number of rotatable bonds is 6. The summed E-state index contributed by atoms with van der Waals surface area (Å²) in [5.41, 5.74) is -0.898. The molecule has 2 fully saturated rings. The minimum Gasteiger partial charge on any atom is -0.480 e. The number of aromatic nitrogens is 5. The summed E-state index contributed by atoms with van der Waals surface area (Å²) < 4.78 is 59.0. The molecule has 1 unspecified atom stereocenters. The van der Waals surface area contributed by atoms with E-state index in [0.717, 1.165) is 12.8 Å². The normalized spacial score (nSPS) is 22.3. The van der Waals surface area contributed by atoms with Crippen LogP contribution in [-0.2, 0) is 5.60 Å². The molecule has 0 spiro atoms. The van der Waals surface area contributed by atoms with Crippen molar-refractivity contribution in [1.29, 1.82) is 0 Å². The molecule has 1 saturated heterocycles. The van der Waals surface area contributed by atoms with Crippen LogP contribution in [0, 0.1) is 24.6 Å². The molecule has 13 heteroatoms. The Morgan fingerprint density at radius 2 is 1.83 bits per heavy atom. The van der Waals surface area contributed by atoms with Gasteiger partial charge in [-0.1, -0.05) is 0 Å². The largest absolute Gasteiger partial charge is 0.480 e. The summed E-state index contributed by atoms with van der Waals surface area (Å²) in [6, 6.07) is 2.82. The van der Waals surface area contributed by atoms with Gasteiger partial charge in [0.15, 0.2) is 29.6 Å². The number of alkyl halides is 3. The first-order chi connectivity index (χ1) is 16.9. The molecule has 3 aromatic heterocycles. The van der Waals surface area contributed by atoms with E-state index in [0.29, 0.717) is 30.4 Å². The van der Waals surface area contributed by atoms with Gasteiger partial charge in [-0.05, 0) is 57.6 Å². The predicted molar refractivity (Wildman–Crippen MR) is 122 cm³/mol. The monoisotopic (exact) mass is 509 g/mol. The lowest BCUT2D eigenvalue weighted by atomic mass is 9.92. The molecule has 36 heavy (non-hydrogen) atoms. The summed E-state index contributed by atoms with van der Waals surface area (Å²) in [4.78, 5) is 14.6. The van der Waals surface area contributed by atoms with E-state index in [1.54, 1.807) is 20.8 Å². The fourth-order valence-electron chi connectivity index (χ4n) is 5.18. The molecule has 1 saturated carbocycles. The number of halogens is 4. The molecule has 2 aliphatic rings. The van der Waals surface area contributed by atoms with E-state index in [9.17, 15) is 22.7 Å². The summed E-state index contributed by atoms with van der Waals surface area (Å²) >= 11 is 0. The molecule has 194 valence electrons. The molecule has 0 aromatic carbocycles. The van der Waals surface area contributed by atoms with Gasteiger partial charge in [-0.25, -0.2) is 18.9 Å². The Morgan fingerprint density at radius 1 is 1.14 bits per heavy atom. The van der Waals surface area contributed by atoms with Crippen LogP contribution in [0.15, 0.2) is 18.3 Å². The van der Waals surface area contributed by atoms with E-state index >= 15 is 0 Å². The zero-order chi connectivity index (χ0) is 25.8. The molecule has 4 heterocycles. The van der Waals surface area contributed by atoms with Crippen LogP contribution in [0.25, 0.3) is 5.65 Å². The second-order valence-corrected chi connectivity index (χ2v) is 9.98. The Hall–Kier alpha value is -3.22. The molecule has 3 aromatic rings. The number of ether oxygens (including phenoxy) is 1. The van der Waals surface area contributed by atoms with Crippen LogP contribution in [0.5, 0.6) is 5.75 Å². The van der Waals surface area contributed by atoms with Gasteiger partial charge in [0.1, 0.15) is 11.4 Å². The molecule has 0 radical (unpaired) electrons. The van der Waals surface area contributed by atoms with Crippen LogP contribution < -0.4 is 15.0 Å². The maximum atomic E-state index is 14.4. The van der Waals surface area contributed by atoms with Gasteiger partial charge in [-0.2, -0.15) is 18.2 Å². The van der Waals surface area contributed by atoms with Crippen molar-refractivity contribution in [1.82, 2.24) is 24.6 Å². The number of pyridine rings is 1. The third-order valence-corrected chi connectivity index (χ3v) is 6.74. The fraction of sp³-hybridized carbons (Fsp3) is 0.565. The smallest absolute Gasteiger partial charge is 0.422 e. The number of hydrogen-bond acceptors (Lipinski definition) is 8. The number of aryl methyl sites for hydroxylation is 1. The minimum atomic E-state index is -4.51. The topological polar surface area (TPSA) is 101 Å². The van der Waals surface area contributed by atoms with Crippen molar-refractivity contribution in [3.05, 3.63) is 35.7 Å². The summed E-state index contributed by atoms with van der Waals surface area (Å²) in [5.74, 6) is 0.804. The lowest BCUT2D eigenvalue weighted by Crippen LogP contribution is -2.48.